The fraction of sp³-hybridized carbons (Fsp3) is 0.176. The minimum Gasteiger partial charge on any atom is -0.512 e. The van der Waals surface area contributed by atoms with Gasteiger partial charge in [-0.05, 0) is 144 Å². The van der Waals surface area contributed by atoms with Gasteiger partial charge in [-0.2, -0.15) is 0 Å². The molecule has 0 amide bonds. The molecule has 4 radical (unpaired) electrons. The summed E-state index contributed by atoms with van der Waals surface area (Å²) in [5, 5.41) is 21.3. The summed E-state index contributed by atoms with van der Waals surface area (Å²) in [7, 11) is 0. The van der Waals surface area contributed by atoms with Crippen molar-refractivity contribution in [3.63, 3.8) is 0 Å². The number of fused-ring (bicyclic) bond motifs is 2. The summed E-state index contributed by atoms with van der Waals surface area (Å²) >= 11 is 0. The monoisotopic (exact) mass is 2460 g/mol. The number of hydrogen-bond donors (Lipinski definition) is 2. The number of hydrogen-bond acceptors (Lipinski definition) is 10. The molecule has 0 saturated carbocycles. The van der Waals surface area contributed by atoms with E-state index in [1.54, 1.807) is 18.3 Å². The van der Waals surface area contributed by atoms with Crippen LogP contribution in [0.1, 0.15) is 119 Å². The number of benzene rings is 11. The number of nitrogens with zero attached hydrogens (tertiary/aromatic N) is 6. The van der Waals surface area contributed by atoms with Crippen molar-refractivity contribution in [2.24, 2.45) is 16.7 Å². The van der Waals surface area contributed by atoms with Gasteiger partial charge in [-0.15, -0.1) is 213 Å². The second kappa shape index (κ2) is 54.8. The van der Waals surface area contributed by atoms with Gasteiger partial charge in [0.1, 0.15) is 11.5 Å². The van der Waals surface area contributed by atoms with Crippen molar-refractivity contribution in [1.29, 1.82) is 0 Å². The summed E-state index contributed by atoms with van der Waals surface area (Å²) in [4.78, 5) is 49.8. The number of aromatic nitrogens is 6. The summed E-state index contributed by atoms with van der Waals surface area (Å²) in [6.07, 6.45) is 9.91. The molecule has 0 fully saturated rings. The number of rotatable bonds is 13. The molecular formula is C119H114Ir4N6O4-6. The van der Waals surface area contributed by atoms with Crippen molar-refractivity contribution < 1.29 is 100 Å². The third-order valence-electron chi connectivity index (χ3n) is 20.3. The van der Waals surface area contributed by atoms with Crippen LogP contribution in [0, 0.1) is 102 Å². The van der Waals surface area contributed by atoms with E-state index in [4.69, 9.17) is 9.97 Å². The van der Waals surface area contributed by atoms with Crippen LogP contribution < -0.4 is 0 Å². The Hall–Kier alpha value is -12.1. The summed E-state index contributed by atoms with van der Waals surface area (Å²) < 4.78 is 0. The molecule has 0 aliphatic rings. The van der Waals surface area contributed by atoms with E-state index >= 15 is 0 Å². The van der Waals surface area contributed by atoms with Crippen LogP contribution in [0.15, 0.2) is 364 Å². The van der Waals surface area contributed by atoms with Crippen LogP contribution in [0.3, 0.4) is 0 Å². The Kier molecular flexibility index (Phi) is 45.1. The molecule has 0 atom stereocenters. The van der Waals surface area contributed by atoms with Crippen LogP contribution in [-0.2, 0) is 96.4 Å². The molecule has 10 nitrogen and oxygen atoms in total. The Balaban J connectivity index is 0.000000235. The van der Waals surface area contributed by atoms with Crippen molar-refractivity contribution in [1.82, 2.24) is 29.9 Å². The number of aliphatic hydroxyl groups is 2. The fourth-order valence-corrected chi connectivity index (χ4v) is 13.8. The molecule has 6 heterocycles. The van der Waals surface area contributed by atoms with Crippen LogP contribution in [0.25, 0.3) is 117 Å². The number of carbonyl (C=O) groups excluding carboxylic acids is 2. The fourth-order valence-electron chi connectivity index (χ4n) is 13.8. The average molecular weight is 2460 g/mol. The van der Waals surface area contributed by atoms with Gasteiger partial charge in [-0.1, -0.05) is 265 Å². The van der Waals surface area contributed by atoms with Crippen LogP contribution in [0.2, 0.25) is 0 Å². The van der Waals surface area contributed by atoms with Gasteiger partial charge in [-0.3, -0.25) is 19.6 Å². The molecule has 11 aromatic carbocycles. The first-order valence-electron chi connectivity index (χ1n) is 43.4. The van der Waals surface area contributed by atoms with Crippen molar-refractivity contribution >= 4 is 38.9 Å². The number of Topliss-reactive ketones (excluding diaryl/α,β-unsaturated/α-hetero) is 1. The van der Waals surface area contributed by atoms with Gasteiger partial charge in [0.2, 0.25) is 0 Å². The first kappa shape index (κ1) is 110. The normalized spacial score (nSPS) is 10.7. The molecule has 17 aromatic rings. The zero-order chi connectivity index (χ0) is 92.4. The molecule has 0 unspecified atom stereocenters. The van der Waals surface area contributed by atoms with Gasteiger partial charge in [0.15, 0.2) is 11.6 Å². The largest absolute Gasteiger partial charge is 0.512 e. The smallest absolute Gasteiger partial charge is 0.164 e. The van der Waals surface area contributed by atoms with Crippen molar-refractivity contribution in [2.75, 3.05) is 0 Å². The number of aryl methyl sites for hydroxylation is 7. The number of aliphatic hydroxyl groups excluding tert-OH is 2. The number of para-hydroxylation sites is 2. The van der Waals surface area contributed by atoms with E-state index < -0.39 is 5.41 Å². The summed E-state index contributed by atoms with van der Waals surface area (Å²) in [5.41, 5.74) is 29.4. The van der Waals surface area contributed by atoms with E-state index in [0.717, 1.165) is 102 Å². The standard InChI is InChI=1S/C21H22N.2C18H14N.C17H14N.C12H10N.C11H8N.C11H12O2.C11H20O2.4Ir/c1-14(2)9-17-13-21(18-11-15(3)10-16(4)12-18)22-20-8-6-5-7-19(17)20;2*1-14-12-18(16-10-6-3-7-11-16)19-13-17(14)15-8-4-2-5-9-15;1-12-9-13(2)11-15(10-12)17-8-7-14-5-3-4-6-16(14)18-17;1-10-7-8-13-12(9-10)11-5-3-2-4-6-11;1-2-6-10(7-3-1)11-8-4-5-9-12-11;1-8(12)11(9(2)13)10-6-4-3-5-7-10;1-10(2,3)8(12)7-9(13)11(4,5)6;;;;/h5-8,10-11,13-14H,9H2,1-4H3;2*2-10,12-13H,1H3;3-10H,1-2H3;2-5,7-9H,1H3;1-6,8-9H;3-7,12H,1-2H3;7,12H,1-6H3;;;;/q6*-1;;;;;;/b;;;;;;11-8+;;;;;. The Bertz CT molecular complexity index is 6330. The predicted octanol–water partition coefficient (Wildman–Crippen LogP) is 29.9. The second-order valence-corrected chi connectivity index (χ2v) is 34.0. The minimum absolute atomic E-state index is 0. The van der Waals surface area contributed by atoms with E-state index in [1.165, 1.54) is 86.3 Å². The topological polar surface area (TPSA) is 152 Å². The molecule has 6 aromatic heterocycles. The van der Waals surface area contributed by atoms with E-state index in [2.05, 4.69) is 234 Å². The average Bonchev–Trinajstić information content (AvgIpc) is 0.797. The molecule has 0 bridgehead atoms. The second-order valence-electron chi connectivity index (χ2n) is 34.0. The van der Waals surface area contributed by atoms with Gasteiger partial charge in [-0.25, -0.2) is 0 Å². The predicted molar refractivity (Wildman–Crippen MR) is 536 cm³/mol. The van der Waals surface area contributed by atoms with Crippen LogP contribution in [0.5, 0.6) is 0 Å². The van der Waals surface area contributed by atoms with Gasteiger partial charge >= 0.3 is 0 Å². The maximum absolute atomic E-state index is 11.5. The molecule has 17 rings (SSSR count). The van der Waals surface area contributed by atoms with Crippen LogP contribution in [0.4, 0.5) is 0 Å². The summed E-state index contributed by atoms with van der Waals surface area (Å²) in [6.45, 7) is 33.3. The minimum atomic E-state index is -0.417. The zero-order valence-electron chi connectivity index (χ0n) is 78.5. The SMILES string of the molecule is CC(=O)/C(=C(/C)O)c1ccccc1.CC(C)(C)C(=O)C=C(O)C(C)(C)C.Cc1[c-]c(-c2cc(CC(C)C)c3ccccc3n2)cc(C)c1.Cc1[c-]c(-c2ccc3ccccc3n2)cc(C)c1.Cc1cc(-c2[c-]cccc2)ncc1-c1ccccc1.Cc1cc(-c2[c-]cccc2)ncc1-c1ccccc1.Cc1ccnc(-c2[c-]cccc2)c1.[Ir].[Ir].[Ir].[Ir].[c-]1ccccc1-c1ccccn1. The van der Waals surface area contributed by atoms with E-state index in [-0.39, 0.29) is 109 Å². The quantitative estimate of drug-likeness (QED) is 0.0648. The maximum atomic E-state index is 11.5. The van der Waals surface area contributed by atoms with Gasteiger partial charge in [0.25, 0.3) is 0 Å². The molecule has 133 heavy (non-hydrogen) atoms. The maximum Gasteiger partial charge on any atom is 0.164 e. The molecule has 2 N–H and O–H groups in total. The van der Waals surface area contributed by atoms with E-state index in [0.29, 0.717) is 11.5 Å². The van der Waals surface area contributed by atoms with Crippen molar-refractivity contribution in [3.8, 4) is 89.8 Å². The van der Waals surface area contributed by atoms with E-state index in [1.807, 2.05) is 254 Å². The first-order valence-corrected chi connectivity index (χ1v) is 43.4. The number of allylic oxidation sites excluding steroid dienone is 4. The summed E-state index contributed by atoms with van der Waals surface area (Å²) in [6, 6.07) is 127. The number of ketones is 2. The van der Waals surface area contributed by atoms with Crippen LogP contribution >= 0.6 is 0 Å². The number of pyridine rings is 6. The van der Waals surface area contributed by atoms with Crippen molar-refractivity contribution in [2.45, 2.75) is 124 Å². The third-order valence-corrected chi connectivity index (χ3v) is 20.3. The Morgan fingerprint density at radius 2 is 0.797 bits per heavy atom. The molecule has 14 heteroatoms. The molecule has 0 aliphatic heterocycles. The summed E-state index contributed by atoms with van der Waals surface area (Å²) in [5.74, 6) is 0.680. The van der Waals surface area contributed by atoms with Crippen LogP contribution in [-0.4, -0.2) is 51.7 Å². The van der Waals surface area contributed by atoms with Gasteiger partial charge < -0.3 is 30.1 Å². The zero-order valence-corrected chi connectivity index (χ0v) is 88.1. The third kappa shape index (κ3) is 34.8. The molecule has 686 valence electrons. The molecular weight excluding hydrogens is 2350 g/mol. The Labute approximate surface area is 842 Å². The molecule has 0 saturated heterocycles. The first-order chi connectivity index (χ1) is 61.9. The van der Waals surface area contributed by atoms with E-state index in [9.17, 15) is 19.8 Å². The van der Waals surface area contributed by atoms with Gasteiger partial charge in [0.05, 0.1) is 16.6 Å². The Morgan fingerprint density at radius 1 is 0.376 bits per heavy atom. The molecule has 0 spiro atoms. The Morgan fingerprint density at radius 3 is 1.22 bits per heavy atom. The van der Waals surface area contributed by atoms with Gasteiger partial charge in [0, 0.05) is 139 Å². The number of carbonyl (C=O) groups is 2. The van der Waals surface area contributed by atoms with Crippen molar-refractivity contribution in [3.05, 3.63) is 450 Å². The molecule has 0 aliphatic carbocycles.